The lowest BCUT2D eigenvalue weighted by atomic mass is 10.2. The average molecular weight is 420 g/mol. The van der Waals surface area contributed by atoms with E-state index in [1.165, 1.54) is 0 Å². The van der Waals surface area contributed by atoms with E-state index in [4.69, 9.17) is 40.5 Å². The van der Waals surface area contributed by atoms with Gasteiger partial charge in [-0.25, -0.2) is 4.68 Å². The van der Waals surface area contributed by atoms with E-state index in [0.29, 0.717) is 29.3 Å². The smallest absolute Gasteiger partial charge is 0.199 e. The molecule has 0 aliphatic heterocycles. The van der Waals surface area contributed by atoms with E-state index in [1.54, 1.807) is 18.5 Å². The second-order valence-corrected chi connectivity index (χ2v) is 7.96. The van der Waals surface area contributed by atoms with Crippen LogP contribution in [0.3, 0.4) is 0 Å². The summed E-state index contributed by atoms with van der Waals surface area (Å²) in [5.41, 5.74) is 2.01. The largest absolute Gasteiger partial charge is 0.297 e. The fraction of sp³-hybridized carbons (Fsp3) is 0.316. The van der Waals surface area contributed by atoms with Gasteiger partial charge in [0.2, 0.25) is 0 Å². The van der Waals surface area contributed by atoms with Crippen LogP contribution >= 0.6 is 35.4 Å². The summed E-state index contributed by atoms with van der Waals surface area (Å²) >= 11 is 18.2. The van der Waals surface area contributed by atoms with Crippen molar-refractivity contribution in [2.24, 2.45) is 0 Å². The second-order valence-electron chi connectivity index (χ2n) is 6.81. The average Bonchev–Trinajstić information content (AvgIpc) is 3.45. The molecule has 0 saturated heterocycles. The number of benzene rings is 1. The molecule has 2 heterocycles. The third-order valence-corrected chi connectivity index (χ3v) is 5.83. The van der Waals surface area contributed by atoms with Crippen LogP contribution in [0.4, 0.5) is 0 Å². The van der Waals surface area contributed by atoms with Crippen molar-refractivity contribution >= 4 is 35.4 Å². The molecule has 0 bridgehead atoms. The molecule has 1 aromatic carbocycles. The molecule has 0 radical (unpaired) electrons. The Labute approximate surface area is 173 Å². The predicted octanol–water partition coefficient (Wildman–Crippen LogP) is 5.21. The molecule has 0 N–H and O–H groups in total. The summed E-state index contributed by atoms with van der Waals surface area (Å²) in [6.07, 6.45) is 5.85. The molecule has 0 unspecified atom stereocenters. The Hall–Kier alpha value is -1.73. The van der Waals surface area contributed by atoms with Crippen molar-refractivity contribution < 1.29 is 0 Å². The van der Waals surface area contributed by atoms with Crippen molar-refractivity contribution in [3.05, 3.63) is 63.1 Å². The molecule has 1 saturated carbocycles. The number of hydrogen-bond acceptors (Lipinski definition) is 4. The van der Waals surface area contributed by atoms with Crippen LogP contribution in [0, 0.1) is 4.77 Å². The lowest BCUT2D eigenvalue weighted by molar-refractivity contribution is 0.244. The van der Waals surface area contributed by atoms with Crippen molar-refractivity contribution in [3.63, 3.8) is 0 Å². The van der Waals surface area contributed by atoms with Crippen LogP contribution in [0.5, 0.6) is 0 Å². The monoisotopic (exact) mass is 419 g/mol. The Morgan fingerprint density at radius 1 is 1.19 bits per heavy atom. The van der Waals surface area contributed by atoms with Crippen LogP contribution in [0.1, 0.15) is 24.4 Å². The first-order valence-corrected chi connectivity index (χ1v) is 9.92. The maximum Gasteiger partial charge on any atom is 0.199 e. The maximum absolute atomic E-state index is 6.32. The van der Waals surface area contributed by atoms with Gasteiger partial charge in [-0.2, -0.15) is 5.10 Å². The van der Waals surface area contributed by atoms with Crippen molar-refractivity contribution in [1.29, 1.82) is 0 Å². The van der Waals surface area contributed by atoms with Gasteiger partial charge in [0, 0.05) is 30.5 Å². The lowest BCUT2D eigenvalue weighted by Gasteiger charge is -2.17. The zero-order chi connectivity index (χ0) is 19.0. The van der Waals surface area contributed by atoms with Gasteiger partial charge in [0.05, 0.1) is 16.7 Å². The minimum Gasteiger partial charge on any atom is -0.297 e. The molecular formula is C19H19Cl2N5S. The van der Waals surface area contributed by atoms with Crippen LogP contribution in [0.15, 0.2) is 42.7 Å². The topological polar surface area (TPSA) is 38.9 Å². The SMILES string of the molecule is CN(Cc1cccc(Cl)c1Cl)Cn1nc(-c2ccncc2)n(C2CC2)c1=S. The molecule has 1 aliphatic rings. The fourth-order valence-corrected chi connectivity index (χ4v) is 3.83. The normalized spacial score (nSPS) is 14.1. The molecule has 8 heteroatoms. The molecule has 0 spiro atoms. The highest BCUT2D eigenvalue weighted by Gasteiger charge is 2.29. The first-order valence-electron chi connectivity index (χ1n) is 8.76. The summed E-state index contributed by atoms with van der Waals surface area (Å²) in [6.45, 7) is 1.22. The van der Waals surface area contributed by atoms with Gasteiger partial charge in [-0.05, 0) is 55.9 Å². The van der Waals surface area contributed by atoms with Gasteiger partial charge >= 0.3 is 0 Å². The highest BCUT2D eigenvalue weighted by molar-refractivity contribution is 7.71. The standard InChI is InChI=1S/C19H19Cl2N5S/c1-24(11-14-3-2-4-16(20)17(14)21)12-25-19(27)26(15-5-6-15)18(23-25)13-7-9-22-10-8-13/h2-4,7-10,15H,5-6,11-12H2,1H3. The van der Waals surface area contributed by atoms with Crippen molar-refractivity contribution in [3.8, 4) is 11.4 Å². The molecule has 140 valence electrons. The molecule has 0 amide bonds. The van der Waals surface area contributed by atoms with E-state index < -0.39 is 0 Å². The van der Waals surface area contributed by atoms with E-state index >= 15 is 0 Å². The number of hydrogen-bond donors (Lipinski definition) is 0. The molecular weight excluding hydrogens is 401 g/mol. The number of nitrogens with zero attached hydrogens (tertiary/aromatic N) is 5. The lowest BCUT2D eigenvalue weighted by Crippen LogP contribution is -2.22. The minimum atomic E-state index is 0.446. The quantitative estimate of drug-likeness (QED) is 0.514. The Morgan fingerprint density at radius 2 is 1.93 bits per heavy atom. The van der Waals surface area contributed by atoms with Crippen LogP contribution in [0.2, 0.25) is 10.0 Å². The summed E-state index contributed by atoms with van der Waals surface area (Å²) in [7, 11) is 2.02. The summed E-state index contributed by atoms with van der Waals surface area (Å²) < 4.78 is 4.79. The van der Waals surface area contributed by atoms with Crippen LogP contribution in [-0.2, 0) is 13.2 Å². The number of aromatic nitrogens is 4. The summed E-state index contributed by atoms with van der Waals surface area (Å²) in [6, 6.07) is 10.1. The van der Waals surface area contributed by atoms with E-state index in [0.717, 1.165) is 34.6 Å². The van der Waals surface area contributed by atoms with Gasteiger partial charge in [0.15, 0.2) is 10.6 Å². The third kappa shape index (κ3) is 3.94. The summed E-state index contributed by atoms with van der Waals surface area (Å²) in [5.74, 6) is 0.902. The van der Waals surface area contributed by atoms with Gasteiger partial charge in [0.25, 0.3) is 0 Å². The number of halogens is 2. The van der Waals surface area contributed by atoms with Gasteiger partial charge in [-0.3, -0.25) is 14.5 Å². The van der Waals surface area contributed by atoms with E-state index in [2.05, 4.69) is 14.5 Å². The van der Waals surface area contributed by atoms with Gasteiger partial charge in [-0.15, -0.1) is 0 Å². The van der Waals surface area contributed by atoms with Crippen molar-refractivity contribution in [1.82, 2.24) is 24.2 Å². The molecule has 4 rings (SSSR count). The molecule has 2 aromatic heterocycles. The van der Waals surface area contributed by atoms with Crippen LogP contribution in [0.25, 0.3) is 11.4 Å². The predicted molar refractivity (Wildman–Crippen MR) is 110 cm³/mol. The molecule has 3 aromatic rings. The Balaban J connectivity index is 1.61. The van der Waals surface area contributed by atoms with Gasteiger partial charge in [0.1, 0.15) is 0 Å². The van der Waals surface area contributed by atoms with Gasteiger partial charge < -0.3 is 0 Å². The Morgan fingerprint density at radius 3 is 2.63 bits per heavy atom. The van der Waals surface area contributed by atoms with Crippen LogP contribution < -0.4 is 0 Å². The summed E-state index contributed by atoms with van der Waals surface area (Å²) in [4.78, 5) is 6.22. The van der Waals surface area contributed by atoms with Crippen molar-refractivity contribution in [2.75, 3.05) is 7.05 Å². The zero-order valence-electron chi connectivity index (χ0n) is 14.8. The zero-order valence-corrected chi connectivity index (χ0v) is 17.2. The fourth-order valence-electron chi connectivity index (χ4n) is 3.11. The molecule has 27 heavy (non-hydrogen) atoms. The molecule has 1 aliphatic carbocycles. The Bertz CT molecular complexity index is 1010. The highest BCUT2D eigenvalue weighted by Crippen LogP contribution is 2.38. The number of pyridine rings is 1. The summed E-state index contributed by atoms with van der Waals surface area (Å²) in [5, 5.41) is 5.97. The first-order chi connectivity index (χ1) is 13.0. The minimum absolute atomic E-state index is 0.446. The highest BCUT2D eigenvalue weighted by atomic mass is 35.5. The van der Waals surface area contributed by atoms with Gasteiger partial charge in [-0.1, -0.05) is 35.3 Å². The first kappa shape index (κ1) is 18.6. The maximum atomic E-state index is 6.32. The van der Waals surface area contributed by atoms with Crippen LogP contribution in [-0.4, -0.2) is 31.3 Å². The molecule has 1 fully saturated rings. The Kier molecular flexibility index (Phi) is 5.32. The van der Waals surface area contributed by atoms with E-state index in [-0.39, 0.29) is 0 Å². The van der Waals surface area contributed by atoms with E-state index in [9.17, 15) is 0 Å². The molecule has 5 nitrogen and oxygen atoms in total. The number of rotatable bonds is 6. The second kappa shape index (κ2) is 7.72. The third-order valence-electron chi connectivity index (χ3n) is 4.57. The van der Waals surface area contributed by atoms with Crippen molar-refractivity contribution in [2.45, 2.75) is 32.1 Å². The molecule has 0 atom stereocenters. The van der Waals surface area contributed by atoms with E-state index in [1.807, 2.05) is 36.0 Å².